The van der Waals surface area contributed by atoms with Crippen LogP contribution in [0.2, 0.25) is 18.1 Å². The smallest absolute Gasteiger partial charge is 0.330 e. The molecule has 0 spiro atoms. The van der Waals surface area contributed by atoms with Crippen LogP contribution in [0.25, 0.3) is 22.4 Å². The van der Waals surface area contributed by atoms with E-state index < -0.39 is 8.32 Å². The number of anilines is 3. The minimum atomic E-state index is -2.00. The van der Waals surface area contributed by atoms with Gasteiger partial charge < -0.3 is 24.1 Å². The number of nitrogens with one attached hydrogen (secondary N) is 1. The number of benzene rings is 1. The van der Waals surface area contributed by atoms with E-state index in [4.69, 9.17) is 19.1 Å². The molecule has 1 radical (unpaired) electrons. The third-order valence-corrected chi connectivity index (χ3v) is 13.0. The van der Waals surface area contributed by atoms with Crippen LogP contribution in [0, 0.1) is 0 Å². The van der Waals surface area contributed by atoms with Crippen LogP contribution in [0.15, 0.2) is 55.1 Å². The highest BCUT2D eigenvalue weighted by Crippen LogP contribution is 2.43. The summed E-state index contributed by atoms with van der Waals surface area (Å²) in [5.41, 5.74) is 5.00. The minimum Gasteiger partial charge on any atom is -0.495 e. The van der Waals surface area contributed by atoms with Crippen LogP contribution in [0.1, 0.15) is 33.3 Å². The molecule has 10 nitrogen and oxygen atoms in total. The summed E-state index contributed by atoms with van der Waals surface area (Å²) in [7, 11) is 3.08. The fourth-order valence-electron chi connectivity index (χ4n) is 4.93. The molecule has 0 bridgehead atoms. The molecule has 43 heavy (non-hydrogen) atoms. The summed E-state index contributed by atoms with van der Waals surface area (Å²) in [6.45, 7) is 14.6. The van der Waals surface area contributed by atoms with Crippen molar-refractivity contribution in [3.63, 3.8) is 0 Å². The molecule has 12 heteroatoms. The van der Waals surface area contributed by atoms with E-state index in [2.05, 4.69) is 62.3 Å². The lowest BCUT2D eigenvalue weighted by atomic mass is 9.85. The van der Waals surface area contributed by atoms with Crippen molar-refractivity contribution in [2.75, 3.05) is 30.4 Å². The fraction of sp³-hybridized carbons (Fsp3) is 0.387. The highest BCUT2D eigenvalue weighted by Gasteiger charge is 2.44. The zero-order valence-electron chi connectivity index (χ0n) is 26.2. The first-order valence-corrected chi connectivity index (χ1v) is 17.2. The summed E-state index contributed by atoms with van der Waals surface area (Å²) in [6, 6.07) is 9.89. The Morgan fingerprint density at radius 2 is 1.91 bits per heavy atom. The fourth-order valence-corrected chi connectivity index (χ4v) is 6.04. The van der Waals surface area contributed by atoms with E-state index in [-0.39, 0.29) is 10.5 Å². The first-order chi connectivity index (χ1) is 20.3. The molecule has 0 amide bonds. The highest BCUT2D eigenvalue weighted by atomic mass is 28.4. The SMILES string of the molecule is COc1cc(-c2cnn(C)c2)ccc1Nc1nccc(-c2cnc3c(c2)C(C)(CO[Si](C)(C)C(C)(C)C)CN3[B]C=O)n1. The summed E-state index contributed by atoms with van der Waals surface area (Å²) < 4.78 is 14.1. The van der Waals surface area contributed by atoms with Gasteiger partial charge in [-0.3, -0.25) is 4.68 Å². The third kappa shape index (κ3) is 6.21. The molecule has 1 atom stereocenters. The highest BCUT2D eigenvalue weighted by molar-refractivity contribution is 6.74. The molecule has 5 rings (SSSR count). The molecule has 0 saturated heterocycles. The van der Waals surface area contributed by atoms with Gasteiger partial charge in [0.05, 0.1) is 24.7 Å². The molecular weight excluding hydrogens is 557 g/mol. The molecule has 1 aromatic carbocycles. The number of rotatable bonds is 10. The van der Waals surface area contributed by atoms with Crippen LogP contribution in [0.5, 0.6) is 5.75 Å². The molecule has 3 aromatic heterocycles. The Labute approximate surface area is 255 Å². The number of hydrogen-bond acceptors (Lipinski definition) is 9. The molecule has 1 unspecified atom stereocenters. The molecule has 1 aliphatic rings. The molecule has 4 aromatic rings. The van der Waals surface area contributed by atoms with Crippen LogP contribution in [-0.4, -0.2) is 66.9 Å². The average molecular weight is 597 g/mol. The van der Waals surface area contributed by atoms with Gasteiger partial charge in [-0.1, -0.05) is 33.8 Å². The van der Waals surface area contributed by atoms with Crippen molar-refractivity contribution in [1.29, 1.82) is 0 Å². The number of nitrogens with zero attached hydrogens (tertiary/aromatic N) is 6. The van der Waals surface area contributed by atoms with Gasteiger partial charge in [0.25, 0.3) is 0 Å². The molecule has 1 N–H and O–H groups in total. The number of carbonyl (C=O) groups is 1. The van der Waals surface area contributed by atoms with E-state index in [9.17, 15) is 4.79 Å². The van der Waals surface area contributed by atoms with Crippen molar-refractivity contribution < 1.29 is 14.0 Å². The van der Waals surface area contributed by atoms with Crippen molar-refractivity contribution in [3.05, 3.63) is 60.7 Å². The Morgan fingerprint density at radius 1 is 1.12 bits per heavy atom. The lowest BCUT2D eigenvalue weighted by Crippen LogP contribution is -2.46. The summed E-state index contributed by atoms with van der Waals surface area (Å²) in [5.74, 6) is 1.87. The van der Waals surface area contributed by atoms with Crippen molar-refractivity contribution in [2.45, 2.75) is 51.2 Å². The predicted molar refractivity (Wildman–Crippen MR) is 174 cm³/mol. The van der Waals surface area contributed by atoms with E-state index in [1.165, 1.54) is 0 Å². The molecule has 4 heterocycles. The van der Waals surface area contributed by atoms with Gasteiger partial charge in [-0.25, -0.2) is 15.0 Å². The van der Waals surface area contributed by atoms with Gasteiger partial charge in [-0.2, -0.15) is 5.10 Å². The van der Waals surface area contributed by atoms with E-state index in [0.717, 1.165) is 45.6 Å². The second-order valence-corrected chi connectivity index (χ2v) is 17.6. The van der Waals surface area contributed by atoms with Crippen LogP contribution in [0.4, 0.5) is 17.5 Å². The molecule has 0 saturated carbocycles. The lowest BCUT2D eigenvalue weighted by Gasteiger charge is -2.39. The normalized spacial score (nSPS) is 16.6. The van der Waals surface area contributed by atoms with E-state index in [0.29, 0.717) is 24.8 Å². The Balaban J connectivity index is 1.43. The summed E-state index contributed by atoms with van der Waals surface area (Å²) in [5, 5.41) is 7.66. The molecule has 1 aliphatic heterocycles. The zero-order chi connectivity index (χ0) is 31.0. The predicted octanol–water partition coefficient (Wildman–Crippen LogP) is 5.60. The van der Waals surface area contributed by atoms with Gasteiger partial charge in [0.15, 0.2) is 8.32 Å². The summed E-state index contributed by atoms with van der Waals surface area (Å²) >= 11 is 0. The number of methoxy groups -OCH3 is 1. The number of aromatic nitrogens is 5. The first kappa shape index (κ1) is 30.4. The maximum Gasteiger partial charge on any atom is 0.330 e. The number of aryl methyl sites for hydroxylation is 1. The van der Waals surface area contributed by atoms with E-state index >= 15 is 0 Å². The largest absolute Gasteiger partial charge is 0.495 e. The van der Waals surface area contributed by atoms with Crippen LogP contribution in [-0.2, 0) is 21.7 Å². The number of ether oxygens (including phenoxy) is 1. The van der Waals surface area contributed by atoms with Gasteiger partial charge in [0, 0.05) is 60.9 Å². The van der Waals surface area contributed by atoms with Gasteiger partial charge in [0.2, 0.25) is 5.95 Å². The van der Waals surface area contributed by atoms with Crippen molar-refractivity contribution >= 4 is 39.4 Å². The van der Waals surface area contributed by atoms with Crippen molar-refractivity contribution in [3.8, 4) is 28.1 Å². The van der Waals surface area contributed by atoms with Gasteiger partial charge in [0.1, 0.15) is 17.8 Å². The number of fused-ring (bicyclic) bond motifs is 1. The van der Waals surface area contributed by atoms with E-state index in [1.54, 1.807) is 31.6 Å². The minimum absolute atomic E-state index is 0.0889. The third-order valence-electron chi connectivity index (χ3n) is 8.54. The maximum atomic E-state index is 11.5. The number of hydrogen-bond donors (Lipinski definition) is 1. The second kappa shape index (κ2) is 11.6. The molecule has 0 aliphatic carbocycles. The lowest BCUT2D eigenvalue weighted by molar-refractivity contribution is 0.219. The Hall–Kier alpha value is -4.03. The quantitative estimate of drug-likeness (QED) is 0.185. The average Bonchev–Trinajstić information content (AvgIpc) is 3.53. The van der Waals surface area contributed by atoms with Gasteiger partial charge >= 0.3 is 7.41 Å². The maximum absolute atomic E-state index is 11.5. The molecular formula is C31H39BN7O3Si. The van der Waals surface area contributed by atoms with Gasteiger partial charge in [-0.05, 0) is 48.0 Å². The van der Waals surface area contributed by atoms with Crippen molar-refractivity contribution in [2.24, 2.45) is 7.05 Å². The number of pyridine rings is 1. The monoisotopic (exact) mass is 596 g/mol. The molecule has 0 fully saturated rings. The van der Waals surface area contributed by atoms with Crippen LogP contribution >= 0.6 is 0 Å². The molecule has 223 valence electrons. The Bertz CT molecular complexity index is 1640. The summed E-state index contributed by atoms with van der Waals surface area (Å²) in [6.07, 6.45) is 8.10. The first-order valence-electron chi connectivity index (χ1n) is 14.3. The Morgan fingerprint density at radius 3 is 2.58 bits per heavy atom. The van der Waals surface area contributed by atoms with Crippen LogP contribution in [0.3, 0.4) is 0 Å². The topological polar surface area (TPSA) is 107 Å². The van der Waals surface area contributed by atoms with E-state index in [1.807, 2.05) is 48.5 Å². The zero-order valence-corrected chi connectivity index (χ0v) is 27.2. The standard InChI is InChI=1S/C31H39BN7O3Si/c1-30(2,3)43(7,8)42-19-31(4)18-39(32-20-40)28-24(31)13-22(15-34-28)25-11-12-33-29(36-25)37-26-10-9-21(14-27(26)41-6)23-16-35-38(5)17-23/h9-17,20H,18-19H2,1-8H3,(H,33,36,37). The Kier molecular flexibility index (Phi) is 8.19. The second-order valence-electron chi connectivity index (χ2n) is 12.8. The van der Waals surface area contributed by atoms with Crippen molar-refractivity contribution in [1.82, 2.24) is 24.7 Å². The summed E-state index contributed by atoms with van der Waals surface area (Å²) in [4.78, 5) is 27.4. The number of carbonyl (C=O) groups excluding carboxylic acids is 1. The van der Waals surface area contributed by atoms with Crippen LogP contribution < -0.4 is 14.9 Å². The van der Waals surface area contributed by atoms with Gasteiger partial charge in [-0.15, -0.1) is 0 Å².